The fourth-order valence-corrected chi connectivity index (χ4v) is 4.23. The van der Waals surface area contributed by atoms with Crippen LogP contribution in [0.25, 0.3) is 0 Å². The second-order valence-electron chi connectivity index (χ2n) is 6.19. The number of nitrogens with one attached hydrogen (secondary N) is 1. The monoisotopic (exact) mass is 298 g/mol. The van der Waals surface area contributed by atoms with Crippen LogP contribution < -0.4 is 11.1 Å². The highest BCUT2D eigenvalue weighted by Crippen LogP contribution is 2.53. The van der Waals surface area contributed by atoms with Crippen molar-refractivity contribution in [1.29, 1.82) is 0 Å². The largest absolute Gasteiger partial charge is 0.397 e. The van der Waals surface area contributed by atoms with Gasteiger partial charge in [-0.05, 0) is 54.0 Å². The SMILES string of the molecule is Nc1cccc2c1N[C@@H](c1ccc(Cl)cc1)[C@H]1CCC[C@@H]21. The summed E-state index contributed by atoms with van der Waals surface area (Å²) in [5, 5.41) is 4.49. The van der Waals surface area contributed by atoms with Gasteiger partial charge in [0.05, 0.1) is 17.4 Å². The van der Waals surface area contributed by atoms with Gasteiger partial charge >= 0.3 is 0 Å². The highest BCUT2D eigenvalue weighted by atomic mass is 35.5. The van der Waals surface area contributed by atoms with Crippen molar-refractivity contribution in [1.82, 2.24) is 0 Å². The minimum atomic E-state index is 0.340. The molecule has 4 rings (SSSR count). The average Bonchev–Trinajstić information content (AvgIpc) is 2.98. The third kappa shape index (κ3) is 2.09. The first-order valence-corrected chi connectivity index (χ1v) is 8.02. The van der Waals surface area contributed by atoms with Crippen molar-refractivity contribution in [3.63, 3.8) is 0 Å². The molecule has 1 aliphatic heterocycles. The van der Waals surface area contributed by atoms with E-state index in [9.17, 15) is 0 Å². The Morgan fingerprint density at radius 2 is 1.86 bits per heavy atom. The molecule has 3 N–H and O–H groups in total. The Balaban J connectivity index is 1.79. The van der Waals surface area contributed by atoms with E-state index in [2.05, 4.69) is 29.6 Å². The van der Waals surface area contributed by atoms with E-state index in [1.807, 2.05) is 18.2 Å². The average molecular weight is 299 g/mol. The lowest BCUT2D eigenvalue weighted by atomic mass is 9.77. The number of anilines is 2. The van der Waals surface area contributed by atoms with E-state index in [-0.39, 0.29) is 0 Å². The Labute approximate surface area is 130 Å². The summed E-state index contributed by atoms with van der Waals surface area (Å²) in [6.07, 6.45) is 3.85. The number of nitrogen functional groups attached to an aromatic ring is 1. The maximum Gasteiger partial charge on any atom is 0.0614 e. The third-order valence-electron chi connectivity index (χ3n) is 5.05. The van der Waals surface area contributed by atoms with Crippen LogP contribution >= 0.6 is 11.6 Å². The predicted molar refractivity (Wildman–Crippen MR) is 88.8 cm³/mol. The van der Waals surface area contributed by atoms with Crippen LogP contribution in [0, 0.1) is 5.92 Å². The van der Waals surface area contributed by atoms with Crippen LogP contribution in [-0.2, 0) is 0 Å². The second kappa shape index (κ2) is 4.96. The van der Waals surface area contributed by atoms with Gasteiger partial charge in [-0.2, -0.15) is 0 Å². The van der Waals surface area contributed by atoms with E-state index in [1.54, 1.807) is 0 Å². The molecule has 2 aromatic rings. The van der Waals surface area contributed by atoms with Crippen molar-refractivity contribution in [2.45, 2.75) is 31.2 Å². The molecule has 0 unspecified atom stereocenters. The molecule has 1 aliphatic carbocycles. The molecule has 1 fully saturated rings. The van der Waals surface area contributed by atoms with Crippen LogP contribution in [0.2, 0.25) is 5.02 Å². The topological polar surface area (TPSA) is 38.0 Å². The number of nitrogens with two attached hydrogens (primary N) is 1. The first-order chi connectivity index (χ1) is 10.2. The van der Waals surface area contributed by atoms with Crippen molar-refractivity contribution in [3.8, 4) is 0 Å². The summed E-state index contributed by atoms with van der Waals surface area (Å²) in [6.45, 7) is 0. The maximum atomic E-state index is 6.20. The van der Waals surface area contributed by atoms with Crippen molar-refractivity contribution in [3.05, 3.63) is 58.6 Å². The zero-order valence-electron chi connectivity index (χ0n) is 11.9. The molecule has 2 nitrogen and oxygen atoms in total. The van der Waals surface area contributed by atoms with E-state index in [4.69, 9.17) is 17.3 Å². The minimum Gasteiger partial charge on any atom is -0.397 e. The summed E-state index contributed by atoms with van der Waals surface area (Å²) in [7, 11) is 0. The Bertz CT molecular complexity index is 665. The summed E-state index contributed by atoms with van der Waals surface area (Å²) < 4.78 is 0. The lowest BCUT2D eigenvalue weighted by molar-refractivity contribution is 0.406. The lowest BCUT2D eigenvalue weighted by Gasteiger charge is -2.38. The third-order valence-corrected chi connectivity index (χ3v) is 5.31. The first kappa shape index (κ1) is 13.0. The number of hydrogen-bond donors (Lipinski definition) is 2. The smallest absolute Gasteiger partial charge is 0.0614 e. The molecule has 0 aromatic heterocycles. The minimum absolute atomic E-state index is 0.340. The maximum absolute atomic E-state index is 6.20. The molecule has 3 atom stereocenters. The zero-order valence-corrected chi connectivity index (χ0v) is 12.6. The quantitative estimate of drug-likeness (QED) is 0.729. The van der Waals surface area contributed by atoms with Crippen molar-refractivity contribution < 1.29 is 0 Å². The second-order valence-corrected chi connectivity index (χ2v) is 6.62. The van der Waals surface area contributed by atoms with Gasteiger partial charge in [-0.15, -0.1) is 0 Å². The molecule has 0 saturated heterocycles. The standard InChI is InChI=1S/C18H19ClN2/c19-12-9-7-11(8-10-12)17-14-4-1-3-13(14)15-5-2-6-16(20)18(15)21-17/h2,5-10,13-14,17,21H,1,3-4,20H2/t13-,14+,17+/m1/s1. The van der Waals surface area contributed by atoms with Gasteiger partial charge in [0.25, 0.3) is 0 Å². The van der Waals surface area contributed by atoms with Gasteiger partial charge in [0.15, 0.2) is 0 Å². The van der Waals surface area contributed by atoms with Gasteiger partial charge in [-0.1, -0.05) is 42.3 Å². The fourth-order valence-electron chi connectivity index (χ4n) is 4.10. The van der Waals surface area contributed by atoms with Crippen LogP contribution in [0.4, 0.5) is 11.4 Å². The number of fused-ring (bicyclic) bond motifs is 3. The Morgan fingerprint density at radius 3 is 2.67 bits per heavy atom. The molecule has 0 radical (unpaired) electrons. The summed E-state index contributed by atoms with van der Waals surface area (Å²) in [6, 6.07) is 14.9. The van der Waals surface area contributed by atoms with Crippen LogP contribution in [0.15, 0.2) is 42.5 Å². The molecule has 0 bridgehead atoms. The summed E-state index contributed by atoms with van der Waals surface area (Å²) in [5.41, 5.74) is 10.9. The number of hydrogen-bond acceptors (Lipinski definition) is 2. The molecule has 2 aromatic carbocycles. The molecule has 3 heteroatoms. The molecule has 1 saturated carbocycles. The lowest BCUT2D eigenvalue weighted by Crippen LogP contribution is -2.29. The van der Waals surface area contributed by atoms with Crippen LogP contribution in [-0.4, -0.2) is 0 Å². The molecular weight excluding hydrogens is 280 g/mol. The van der Waals surface area contributed by atoms with Gasteiger partial charge in [0.1, 0.15) is 0 Å². The van der Waals surface area contributed by atoms with Crippen molar-refractivity contribution >= 4 is 23.0 Å². The van der Waals surface area contributed by atoms with Crippen molar-refractivity contribution in [2.75, 3.05) is 11.1 Å². The van der Waals surface area contributed by atoms with E-state index in [0.717, 1.165) is 16.4 Å². The highest BCUT2D eigenvalue weighted by molar-refractivity contribution is 6.30. The Hall–Kier alpha value is -1.67. The van der Waals surface area contributed by atoms with E-state index in [1.165, 1.54) is 30.4 Å². The number of para-hydroxylation sites is 1. The molecule has 108 valence electrons. The van der Waals surface area contributed by atoms with E-state index in [0.29, 0.717) is 17.9 Å². The molecule has 0 amide bonds. The molecule has 0 spiro atoms. The van der Waals surface area contributed by atoms with E-state index >= 15 is 0 Å². The van der Waals surface area contributed by atoms with Crippen LogP contribution in [0.5, 0.6) is 0 Å². The van der Waals surface area contributed by atoms with Gasteiger partial charge in [0.2, 0.25) is 0 Å². The normalized spacial score (nSPS) is 26.8. The summed E-state index contributed by atoms with van der Waals surface area (Å²) in [5.74, 6) is 1.28. The summed E-state index contributed by atoms with van der Waals surface area (Å²) in [4.78, 5) is 0. The van der Waals surface area contributed by atoms with Crippen LogP contribution in [0.3, 0.4) is 0 Å². The Morgan fingerprint density at radius 1 is 1.05 bits per heavy atom. The van der Waals surface area contributed by atoms with Crippen LogP contribution in [0.1, 0.15) is 42.3 Å². The number of rotatable bonds is 1. The molecule has 21 heavy (non-hydrogen) atoms. The fraction of sp³-hybridized carbons (Fsp3) is 0.333. The summed E-state index contributed by atoms with van der Waals surface area (Å²) >= 11 is 6.03. The number of halogens is 1. The zero-order chi connectivity index (χ0) is 14.4. The highest BCUT2D eigenvalue weighted by Gasteiger charge is 2.40. The molecule has 1 heterocycles. The van der Waals surface area contributed by atoms with Gasteiger partial charge < -0.3 is 11.1 Å². The molecule has 2 aliphatic rings. The van der Waals surface area contributed by atoms with Gasteiger partial charge in [-0.25, -0.2) is 0 Å². The Kier molecular flexibility index (Phi) is 3.07. The van der Waals surface area contributed by atoms with Crippen molar-refractivity contribution in [2.24, 2.45) is 5.92 Å². The number of benzene rings is 2. The predicted octanol–water partition coefficient (Wildman–Crippen LogP) is 4.97. The van der Waals surface area contributed by atoms with E-state index < -0.39 is 0 Å². The first-order valence-electron chi connectivity index (χ1n) is 7.64. The molecular formula is C18H19ClN2. The van der Waals surface area contributed by atoms with Gasteiger partial charge in [0, 0.05) is 5.02 Å². The van der Waals surface area contributed by atoms with Gasteiger partial charge in [-0.3, -0.25) is 0 Å².